The van der Waals surface area contributed by atoms with E-state index in [-0.39, 0.29) is 11.7 Å². The van der Waals surface area contributed by atoms with E-state index < -0.39 is 0 Å². The first-order chi connectivity index (χ1) is 12.2. The van der Waals surface area contributed by atoms with Crippen molar-refractivity contribution in [3.8, 4) is 17.1 Å². The molecule has 1 saturated carbocycles. The van der Waals surface area contributed by atoms with Gasteiger partial charge in [-0.15, -0.1) is 10.2 Å². The number of esters is 1. The third-order valence-corrected chi connectivity index (χ3v) is 5.17. The molecule has 0 atom stereocenters. The fourth-order valence-electron chi connectivity index (χ4n) is 2.90. The molecule has 1 aliphatic rings. The normalized spacial score (nSPS) is 14.6. The molecule has 2 aromatic rings. The molecule has 25 heavy (non-hydrogen) atoms. The highest BCUT2D eigenvalue weighted by Gasteiger charge is 2.17. The molecule has 6 nitrogen and oxygen atoms in total. The SMILES string of the molecule is CCOC(=O)CSc1nnc(-c2ccc(OC3CCCC3)cc2)n1C. The van der Waals surface area contributed by atoms with Gasteiger partial charge in [0.2, 0.25) is 0 Å². The summed E-state index contributed by atoms with van der Waals surface area (Å²) in [6, 6.07) is 7.95. The first-order valence-electron chi connectivity index (χ1n) is 8.62. The van der Waals surface area contributed by atoms with Crippen molar-refractivity contribution in [2.45, 2.75) is 43.9 Å². The van der Waals surface area contributed by atoms with E-state index in [1.165, 1.54) is 24.6 Å². The highest BCUT2D eigenvalue weighted by molar-refractivity contribution is 7.99. The van der Waals surface area contributed by atoms with Crippen LogP contribution in [0.4, 0.5) is 0 Å². The van der Waals surface area contributed by atoms with Crippen LogP contribution in [0.3, 0.4) is 0 Å². The van der Waals surface area contributed by atoms with Crippen molar-refractivity contribution < 1.29 is 14.3 Å². The van der Waals surface area contributed by atoms with Crippen LogP contribution in [0.2, 0.25) is 0 Å². The van der Waals surface area contributed by atoms with E-state index in [4.69, 9.17) is 9.47 Å². The summed E-state index contributed by atoms with van der Waals surface area (Å²) in [4.78, 5) is 11.5. The number of hydrogen-bond donors (Lipinski definition) is 0. The fourth-order valence-corrected chi connectivity index (χ4v) is 3.61. The minimum atomic E-state index is -0.245. The van der Waals surface area contributed by atoms with Crippen molar-refractivity contribution in [1.82, 2.24) is 14.8 Å². The second-order valence-corrected chi connectivity index (χ2v) is 6.95. The molecular weight excluding hydrogens is 338 g/mol. The van der Waals surface area contributed by atoms with E-state index >= 15 is 0 Å². The summed E-state index contributed by atoms with van der Waals surface area (Å²) in [6.45, 7) is 2.18. The number of rotatable bonds is 7. The highest BCUT2D eigenvalue weighted by atomic mass is 32.2. The zero-order valence-corrected chi connectivity index (χ0v) is 15.4. The Kier molecular flexibility index (Phi) is 5.96. The lowest BCUT2D eigenvalue weighted by atomic mass is 10.2. The van der Waals surface area contributed by atoms with Crippen LogP contribution in [0.15, 0.2) is 29.4 Å². The first-order valence-corrected chi connectivity index (χ1v) is 9.61. The second-order valence-electron chi connectivity index (χ2n) is 6.01. The van der Waals surface area contributed by atoms with Gasteiger partial charge in [0.15, 0.2) is 11.0 Å². The van der Waals surface area contributed by atoms with Crippen LogP contribution in [-0.2, 0) is 16.6 Å². The lowest BCUT2D eigenvalue weighted by Gasteiger charge is -2.13. The summed E-state index contributed by atoms with van der Waals surface area (Å²) in [5, 5.41) is 9.10. The Morgan fingerprint density at radius 1 is 1.24 bits per heavy atom. The smallest absolute Gasteiger partial charge is 0.316 e. The molecule has 1 aliphatic carbocycles. The average molecular weight is 361 g/mol. The number of carbonyl (C=O) groups excluding carboxylic acids is 1. The maximum absolute atomic E-state index is 11.5. The molecule has 0 unspecified atom stereocenters. The van der Waals surface area contributed by atoms with E-state index in [9.17, 15) is 4.79 Å². The van der Waals surface area contributed by atoms with Crippen LogP contribution >= 0.6 is 11.8 Å². The lowest BCUT2D eigenvalue weighted by molar-refractivity contribution is -0.139. The Hall–Kier alpha value is -2.02. The monoisotopic (exact) mass is 361 g/mol. The van der Waals surface area contributed by atoms with Crippen LogP contribution in [-0.4, -0.2) is 39.2 Å². The second kappa shape index (κ2) is 8.38. The molecule has 1 aromatic carbocycles. The van der Waals surface area contributed by atoms with E-state index in [1.807, 2.05) is 35.9 Å². The molecule has 0 bridgehead atoms. The predicted octanol–water partition coefficient (Wildman–Crippen LogP) is 3.46. The molecule has 1 heterocycles. The quantitative estimate of drug-likeness (QED) is 0.556. The van der Waals surface area contributed by atoms with Gasteiger partial charge in [-0.3, -0.25) is 4.79 Å². The molecule has 0 amide bonds. The topological polar surface area (TPSA) is 66.2 Å². The van der Waals surface area contributed by atoms with Gasteiger partial charge in [0.1, 0.15) is 5.75 Å². The number of carbonyl (C=O) groups is 1. The molecule has 0 radical (unpaired) electrons. The van der Waals surface area contributed by atoms with Crippen molar-refractivity contribution >= 4 is 17.7 Å². The van der Waals surface area contributed by atoms with E-state index in [0.29, 0.717) is 17.9 Å². The highest BCUT2D eigenvalue weighted by Crippen LogP contribution is 2.27. The fraction of sp³-hybridized carbons (Fsp3) is 0.500. The summed E-state index contributed by atoms with van der Waals surface area (Å²) in [5.74, 6) is 1.65. The van der Waals surface area contributed by atoms with Gasteiger partial charge in [-0.25, -0.2) is 0 Å². The summed E-state index contributed by atoms with van der Waals surface area (Å²) in [6.07, 6.45) is 5.16. The van der Waals surface area contributed by atoms with Gasteiger partial charge < -0.3 is 14.0 Å². The third kappa shape index (κ3) is 4.54. The summed E-state index contributed by atoms with van der Waals surface area (Å²) in [7, 11) is 1.89. The number of nitrogens with zero attached hydrogens (tertiary/aromatic N) is 3. The van der Waals surface area contributed by atoms with Gasteiger partial charge in [0.25, 0.3) is 0 Å². The maximum Gasteiger partial charge on any atom is 0.316 e. The van der Waals surface area contributed by atoms with Crippen LogP contribution < -0.4 is 4.74 Å². The third-order valence-electron chi connectivity index (χ3n) is 4.18. The van der Waals surface area contributed by atoms with Crippen LogP contribution in [0.5, 0.6) is 5.75 Å². The van der Waals surface area contributed by atoms with Crippen LogP contribution in [0, 0.1) is 0 Å². The predicted molar refractivity (Wildman–Crippen MR) is 96.7 cm³/mol. The van der Waals surface area contributed by atoms with Gasteiger partial charge in [-0.05, 0) is 56.9 Å². The van der Waals surface area contributed by atoms with Gasteiger partial charge in [-0.2, -0.15) is 0 Å². The van der Waals surface area contributed by atoms with Gasteiger partial charge in [0.05, 0.1) is 18.5 Å². The summed E-state index contributed by atoms with van der Waals surface area (Å²) < 4.78 is 12.8. The minimum Gasteiger partial charge on any atom is -0.490 e. The molecule has 1 fully saturated rings. The van der Waals surface area contributed by atoms with Crippen molar-refractivity contribution in [2.24, 2.45) is 7.05 Å². The number of ether oxygens (including phenoxy) is 2. The molecule has 3 rings (SSSR count). The number of aromatic nitrogens is 3. The molecule has 0 spiro atoms. The summed E-state index contributed by atoms with van der Waals surface area (Å²) >= 11 is 1.33. The van der Waals surface area contributed by atoms with Crippen LogP contribution in [0.25, 0.3) is 11.4 Å². The Morgan fingerprint density at radius 3 is 2.64 bits per heavy atom. The van der Waals surface area contributed by atoms with Crippen molar-refractivity contribution in [3.63, 3.8) is 0 Å². The molecule has 1 aromatic heterocycles. The summed E-state index contributed by atoms with van der Waals surface area (Å²) in [5.41, 5.74) is 0.969. The number of thioether (sulfide) groups is 1. The van der Waals surface area contributed by atoms with E-state index in [1.54, 1.807) is 6.92 Å². The molecule has 0 saturated heterocycles. The van der Waals surface area contributed by atoms with Gasteiger partial charge >= 0.3 is 5.97 Å². The van der Waals surface area contributed by atoms with Crippen LogP contribution in [0.1, 0.15) is 32.6 Å². The number of hydrogen-bond acceptors (Lipinski definition) is 6. The Morgan fingerprint density at radius 2 is 1.96 bits per heavy atom. The van der Waals surface area contributed by atoms with Gasteiger partial charge in [-0.1, -0.05) is 11.8 Å². The minimum absolute atomic E-state index is 0.230. The van der Waals surface area contributed by atoms with Crippen molar-refractivity contribution in [3.05, 3.63) is 24.3 Å². The van der Waals surface area contributed by atoms with E-state index in [2.05, 4.69) is 10.2 Å². The largest absolute Gasteiger partial charge is 0.490 e. The Labute approximate surface area is 151 Å². The lowest BCUT2D eigenvalue weighted by Crippen LogP contribution is -2.10. The first kappa shape index (κ1) is 17.8. The molecule has 7 heteroatoms. The average Bonchev–Trinajstić information content (AvgIpc) is 3.24. The Balaban J connectivity index is 1.64. The van der Waals surface area contributed by atoms with E-state index in [0.717, 1.165) is 30.0 Å². The molecule has 0 N–H and O–H groups in total. The molecule has 0 aliphatic heterocycles. The molecule has 134 valence electrons. The van der Waals surface area contributed by atoms with Gasteiger partial charge in [0, 0.05) is 12.6 Å². The van der Waals surface area contributed by atoms with Crippen molar-refractivity contribution in [2.75, 3.05) is 12.4 Å². The number of benzene rings is 1. The maximum atomic E-state index is 11.5. The zero-order chi connectivity index (χ0) is 17.6. The zero-order valence-electron chi connectivity index (χ0n) is 14.6. The van der Waals surface area contributed by atoms with Crippen molar-refractivity contribution in [1.29, 1.82) is 0 Å². The molecular formula is C18H23N3O3S. The standard InChI is InChI=1S/C18H23N3O3S/c1-3-23-16(22)12-25-18-20-19-17(21(18)2)13-8-10-15(11-9-13)24-14-6-4-5-7-14/h8-11,14H,3-7,12H2,1-2H3. The Bertz CT molecular complexity index is 709.